The van der Waals surface area contributed by atoms with Crippen LogP contribution in [0.4, 0.5) is 0 Å². The molecule has 4 rings (SSSR count). The van der Waals surface area contributed by atoms with Crippen LogP contribution in [0.25, 0.3) is 16.5 Å². The first-order valence-corrected chi connectivity index (χ1v) is 14.8. The van der Waals surface area contributed by atoms with Gasteiger partial charge < -0.3 is 4.57 Å². The third-order valence-electron chi connectivity index (χ3n) is 4.27. The van der Waals surface area contributed by atoms with Gasteiger partial charge in [-0.2, -0.15) is 6.08 Å². The quantitative estimate of drug-likeness (QED) is 0.334. The van der Waals surface area contributed by atoms with E-state index in [0.717, 1.165) is 0 Å². The molecule has 0 bridgehead atoms. The van der Waals surface area contributed by atoms with E-state index in [4.69, 9.17) is 17.0 Å². The number of rotatable bonds is 1. The molecule has 0 N–H and O–H groups in total. The van der Waals surface area contributed by atoms with Crippen molar-refractivity contribution in [3.8, 4) is 5.69 Å². The van der Waals surface area contributed by atoms with Crippen molar-refractivity contribution in [1.29, 1.82) is 0 Å². The Morgan fingerprint density at radius 3 is 2.15 bits per heavy atom. The third-order valence-corrected chi connectivity index (χ3v) is 4.27. The van der Waals surface area contributed by atoms with Crippen molar-refractivity contribution >= 4 is 27.8 Å². The molecule has 1 aromatic heterocycles. The van der Waals surface area contributed by atoms with E-state index in [1.807, 2.05) is 12.2 Å². The molecular weight excluding hydrogens is 440 g/mol. The Hall–Kier alpha value is -0.947. The molecule has 4 heteroatoms. The summed E-state index contributed by atoms with van der Waals surface area (Å²) in [5, 5.41) is 2.73. The van der Waals surface area contributed by atoms with Gasteiger partial charge in [0.05, 0.1) is 0 Å². The number of allylic oxidation sites excluding steroid dienone is 4. The number of benzene rings is 1. The summed E-state index contributed by atoms with van der Waals surface area (Å²) in [6.07, 6.45) is 13.4. The van der Waals surface area contributed by atoms with Gasteiger partial charge in [-0.3, -0.25) is 6.08 Å². The normalized spacial score (nSPS) is 13.6. The molecule has 0 saturated heterocycles. The van der Waals surface area contributed by atoms with Gasteiger partial charge >= 0.3 is 37.9 Å². The Kier molecular flexibility index (Phi) is 8.08. The fourth-order valence-electron chi connectivity index (χ4n) is 2.83. The van der Waals surface area contributed by atoms with Crippen LogP contribution in [0.1, 0.15) is 25.0 Å². The molecule has 1 heterocycles. The first kappa shape index (κ1) is 21.4. The molecule has 134 valence electrons. The monoisotopic (exact) mass is 461 g/mol. The van der Waals surface area contributed by atoms with Gasteiger partial charge in [-0.1, -0.05) is 37.8 Å². The summed E-state index contributed by atoms with van der Waals surface area (Å²) in [7, 11) is 9.87. The van der Waals surface area contributed by atoms with Crippen LogP contribution in [0, 0.1) is 25.3 Å². The first-order valence-electron chi connectivity index (χ1n) is 8.43. The van der Waals surface area contributed by atoms with E-state index in [1.54, 1.807) is 0 Å². The summed E-state index contributed by atoms with van der Waals surface area (Å²) in [5.41, 5.74) is 4.15. The zero-order valence-electron chi connectivity index (χ0n) is 15.6. The molecule has 1 aliphatic carbocycles. The molecule has 0 atom stereocenters. The van der Waals surface area contributed by atoms with Crippen LogP contribution in [0.5, 0.6) is 0 Å². The average molecular weight is 464 g/mol. The Morgan fingerprint density at radius 2 is 1.69 bits per heavy atom. The van der Waals surface area contributed by atoms with Crippen molar-refractivity contribution in [2.75, 3.05) is 0 Å². The first-order chi connectivity index (χ1) is 12.4. The minimum atomic E-state index is -0.826. The Balaban J connectivity index is 0.000000203. The summed E-state index contributed by atoms with van der Waals surface area (Å²) in [5.74, 6) is 0. The predicted octanol–water partition coefficient (Wildman–Crippen LogP) is 7.28. The summed E-state index contributed by atoms with van der Waals surface area (Å²) >= 11 is -0.826. The van der Waals surface area contributed by atoms with Crippen molar-refractivity contribution in [2.24, 2.45) is 5.41 Å². The molecule has 0 fully saturated rings. The number of fused-ring (bicyclic) bond motifs is 1. The molecule has 0 amide bonds. The van der Waals surface area contributed by atoms with E-state index >= 15 is 0 Å². The van der Waals surface area contributed by atoms with Crippen LogP contribution in [-0.2, 0) is 20.8 Å². The van der Waals surface area contributed by atoms with E-state index < -0.39 is 20.8 Å². The number of hydrogen-bond donors (Lipinski definition) is 0. The number of aryl methyl sites for hydroxylation is 2. The van der Waals surface area contributed by atoms with E-state index in [9.17, 15) is 0 Å². The maximum atomic E-state index is 4.93. The van der Waals surface area contributed by atoms with Crippen molar-refractivity contribution in [1.82, 2.24) is 4.57 Å². The molecule has 2 aromatic carbocycles. The van der Waals surface area contributed by atoms with Gasteiger partial charge in [-0.05, 0) is 24.7 Å². The summed E-state index contributed by atoms with van der Waals surface area (Å²) in [6, 6.07) is 13.0. The molecule has 0 saturated carbocycles. The van der Waals surface area contributed by atoms with E-state index in [-0.39, 0.29) is 5.41 Å². The van der Waals surface area contributed by atoms with E-state index in [0.29, 0.717) is 0 Å². The van der Waals surface area contributed by atoms with Crippen LogP contribution in [0.15, 0.2) is 67.0 Å². The third kappa shape index (κ3) is 5.78. The second-order valence-electron chi connectivity index (χ2n) is 6.79. The molecular formula is C22H23Cl2NZr. The molecule has 1 aliphatic rings. The Morgan fingerprint density at radius 1 is 1.08 bits per heavy atom. The van der Waals surface area contributed by atoms with Gasteiger partial charge in [0.2, 0.25) is 0 Å². The van der Waals surface area contributed by atoms with Crippen molar-refractivity contribution in [2.45, 2.75) is 27.7 Å². The molecule has 0 spiro atoms. The molecule has 3 aromatic rings. The fourth-order valence-corrected chi connectivity index (χ4v) is 2.83. The average Bonchev–Trinajstić information content (AvgIpc) is 3.32. The Bertz CT molecular complexity index is 833. The van der Waals surface area contributed by atoms with Crippen molar-refractivity contribution < 1.29 is 20.8 Å². The standard InChI is InChI=1S/C15H14N.C7H9.2ClH.Zr/c1-11-5-6-12(2)15-10-13(9-14(11)15)16-7-3-4-8-16;1-7(2)5-3-4-6-7;;;/h3-10H,1-2H3;3-5H,1-2H3;2*1H;/q2*-1;;;+4/p-2. The van der Waals surface area contributed by atoms with Crippen LogP contribution in [0.3, 0.4) is 0 Å². The molecule has 0 unspecified atom stereocenters. The molecule has 0 aliphatic heterocycles. The number of aromatic nitrogens is 1. The summed E-state index contributed by atoms with van der Waals surface area (Å²) < 4.78 is 2.15. The number of hydrogen-bond acceptors (Lipinski definition) is 0. The second kappa shape index (κ2) is 9.83. The molecule has 26 heavy (non-hydrogen) atoms. The van der Waals surface area contributed by atoms with Crippen molar-refractivity contribution in [3.63, 3.8) is 0 Å². The van der Waals surface area contributed by atoms with Crippen LogP contribution in [0.2, 0.25) is 0 Å². The van der Waals surface area contributed by atoms with E-state index in [1.165, 1.54) is 27.6 Å². The van der Waals surface area contributed by atoms with Crippen molar-refractivity contribution in [3.05, 3.63) is 84.2 Å². The van der Waals surface area contributed by atoms with Crippen LogP contribution >= 0.6 is 17.0 Å². The minimum absolute atomic E-state index is 0.208. The zero-order valence-corrected chi connectivity index (χ0v) is 19.5. The van der Waals surface area contributed by atoms with Gasteiger partial charge in [0.15, 0.2) is 0 Å². The topological polar surface area (TPSA) is 4.93 Å². The van der Waals surface area contributed by atoms with Crippen LogP contribution in [-0.4, -0.2) is 4.57 Å². The summed E-state index contributed by atoms with van der Waals surface area (Å²) in [4.78, 5) is 0. The fraction of sp³-hybridized carbons (Fsp3) is 0.227. The van der Waals surface area contributed by atoms with Gasteiger partial charge in [-0.25, -0.2) is 12.2 Å². The second-order valence-corrected chi connectivity index (χ2v) is 10.5. The number of nitrogens with zero attached hydrogens (tertiary/aromatic N) is 1. The van der Waals surface area contributed by atoms with Gasteiger partial charge in [0, 0.05) is 12.4 Å². The summed E-state index contributed by atoms with van der Waals surface area (Å²) in [6.45, 7) is 8.60. The number of halogens is 2. The van der Waals surface area contributed by atoms with Gasteiger partial charge in [-0.15, -0.1) is 34.5 Å². The Labute approximate surface area is 175 Å². The predicted molar refractivity (Wildman–Crippen MR) is 111 cm³/mol. The van der Waals surface area contributed by atoms with Gasteiger partial charge in [0.1, 0.15) is 0 Å². The van der Waals surface area contributed by atoms with E-state index in [2.05, 4.69) is 93.2 Å². The maximum absolute atomic E-state index is 4.93. The molecule has 0 radical (unpaired) electrons. The SMILES string of the molecule is CC1(C)[C-]=CC=C1.Cc1ccc(C)c2[cH-]c(-n3cccc3)cc12.[Cl][Zr+2][Cl]. The zero-order chi connectivity index (χ0) is 19.2. The van der Waals surface area contributed by atoms with Crippen LogP contribution < -0.4 is 0 Å². The molecule has 1 nitrogen and oxygen atoms in total. The van der Waals surface area contributed by atoms with Gasteiger partial charge in [0.25, 0.3) is 0 Å².